The predicted octanol–water partition coefficient (Wildman–Crippen LogP) is 2.59. The normalized spacial score (nSPS) is 13.3. The third-order valence-electron chi connectivity index (χ3n) is 4.29. The Kier molecular flexibility index (Phi) is 3.83. The van der Waals surface area contributed by atoms with Crippen LogP contribution in [0.15, 0.2) is 54.6 Å². The Bertz CT molecular complexity index is 857. The van der Waals surface area contributed by atoms with E-state index in [1.807, 2.05) is 47.4 Å². The first-order valence-corrected chi connectivity index (χ1v) is 8.11. The van der Waals surface area contributed by atoms with Crippen molar-refractivity contribution in [2.45, 2.75) is 19.4 Å². The molecule has 1 amide bonds. The van der Waals surface area contributed by atoms with Crippen molar-refractivity contribution < 1.29 is 4.79 Å². The summed E-state index contributed by atoms with van der Waals surface area (Å²) in [5, 5.41) is 7.27. The second-order valence-electron chi connectivity index (χ2n) is 5.99. The lowest BCUT2D eigenvalue weighted by molar-refractivity contribution is 0.0779. The largest absolute Gasteiger partial charge is 0.334 e. The lowest BCUT2D eigenvalue weighted by Gasteiger charge is -2.13. The Labute approximate surface area is 140 Å². The van der Waals surface area contributed by atoms with E-state index in [1.54, 1.807) is 0 Å². The van der Waals surface area contributed by atoms with Gasteiger partial charge in [0.2, 0.25) is 0 Å². The fourth-order valence-corrected chi connectivity index (χ4v) is 3.05. The molecule has 1 aliphatic heterocycles. The van der Waals surface area contributed by atoms with Gasteiger partial charge in [0, 0.05) is 31.5 Å². The number of hydrogen-bond donors (Lipinski definition) is 1. The molecule has 5 nitrogen and oxygen atoms in total. The Morgan fingerprint density at radius 1 is 1.04 bits per heavy atom. The second kappa shape index (κ2) is 6.28. The molecule has 0 unspecified atom stereocenters. The third kappa shape index (κ3) is 2.93. The molecule has 2 aromatic carbocycles. The second-order valence-corrected chi connectivity index (χ2v) is 5.99. The number of nitrogens with one attached hydrogen (secondary N) is 1. The van der Waals surface area contributed by atoms with Crippen molar-refractivity contribution in [1.82, 2.24) is 20.1 Å². The standard InChI is InChI=1S/C19H18N4O/c24-19-16-9-5-4-8-15(16)13-23(19)11-10-17-20-18(22-21-17)12-14-6-2-1-3-7-14/h1-9H,10-13H2,(H,20,21,22). The van der Waals surface area contributed by atoms with E-state index in [4.69, 9.17) is 0 Å². The van der Waals surface area contributed by atoms with Crippen LogP contribution in [-0.2, 0) is 19.4 Å². The van der Waals surface area contributed by atoms with Crippen molar-refractivity contribution in [3.8, 4) is 0 Å². The van der Waals surface area contributed by atoms with Crippen LogP contribution in [0.5, 0.6) is 0 Å². The lowest BCUT2D eigenvalue weighted by atomic mass is 10.1. The van der Waals surface area contributed by atoms with Gasteiger partial charge in [-0.25, -0.2) is 4.98 Å². The maximum absolute atomic E-state index is 12.3. The molecule has 1 N–H and O–H groups in total. The lowest BCUT2D eigenvalue weighted by Crippen LogP contribution is -2.26. The van der Waals surface area contributed by atoms with Gasteiger partial charge in [-0.2, -0.15) is 5.10 Å². The van der Waals surface area contributed by atoms with Crippen molar-refractivity contribution in [2.75, 3.05) is 6.54 Å². The molecule has 120 valence electrons. The van der Waals surface area contributed by atoms with Crippen molar-refractivity contribution in [3.63, 3.8) is 0 Å². The molecular formula is C19H18N4O. The van der Waals surface area contributed by atoms with Crippen molar-refractivity contribution in [3.05, 3.63) is 82.9 Å². The summed E-state index contributed by atoms with van der Waals surface area (Å²) in [6, 6.07) is 18.0. The summed E-state index contributed by atoms with van der Waals surface area (Å²) < 4.78 is 0. The minimum atomic E-state index is 0.102. The molecule has 24 heavy (non-hydrogen) atoms. The van der Waals surface area contributed by atoms with Crippen LogP contribution in [0, 0.1) is 0 Å². The summed E-state index contributed by atoms with van der Waals surface area (Å²) in [4.78, 5) is 18.7. The van der Waals surface area contributed by atoms with Gasteiger partial charge in [-0.05, 0) is 17.2 Å². The number of carbonyl (C=O) groups excluding carboxylic acids is 1. The van der Waals surface area contributed by atoms with Crippen LogP contribution >= 0.6 is 0 Å². The number of amides is 1. The van der Waals surface area contributed by atoms with E-state index in [-0.39, 0.29) is 5.91 Å². The van der Waals surface area contributed by atoms with Gasteiger partial charge < -0.3 is 4.90 Å². The van der Waals surface area contributed by atoms with E-state index in [0.717, 1.165) is 29.2 Å². The summed E-state index contributed by atoms with van der Waals surface area (Å²) >= 11 is 0. The molecule has 5 heteroatoms. The van der Waals surface area contributed by atoms with Gasteiger partial charge in [0.05, 0.1) is 0 Å². The molecule has 0 radical (unpaired) electrons. The molecule has 3 aromatic rings. The van der Waals surface area contributed by atoms with E-state index >= 15 is 0 Å². The van der Waals surface area contributed by atoms with Crippen LogP contribution < -0.4 is 0 Å². The fourth-order valence-electron chi connectivity index (χ4n) is 3.05. The monoisotopic (exact) mass is 318 g/mol. The molecule has 1 aliphatic rings. The topological polar surface area (TPSA) is 61.9 Å². The van der Waals surface area contributed by atoms with Crippen LogP contribution in [0.4, 0.5) is 0 Å². The van der Waals surface area contributed by atoms with Crippen LogP contribution in [-0.4, -0.2) is 32.5 Å². The maximum Gasteiger partial charge on any atom is 0.254 e. The number of H-pyrrole nitrogens is 1. The van der Waals surface area contributed by atoms with Crippen LogP contribution in [0.25, 0.3) is 0 Å². The summed E-state index contributed by atoms with van der Waals surface area (Å²) in [6.07, 6.45) is 1.40. The van der Waals surface area contributed by atoms with Gasteiger partial charge in [-0.3, -0.25) is 9.89 Å². The highest BCUT2D eigenvalue weighted by Gasteiger charge is 2.26. The van der Waals surface area contributed by atoms with Gasteiger partial charge in [0.25, 0.3) is 5.91 Å². The fraction of sp³-hybridized carbons (Fsp3) is 0.211. The Morgan fingerprint density at radius 3 is 2.67 bits per heavy atom. The highest BCUT2D eigenvalue weighted by Crippen LogP contribution is 2.22. The summed E-state index contributed by atoms with van der Waals surface area (Å²) in [5.74, 6) is 1.71. The van der Waals surface area contributed by atoms with Crippen LogP contribution in [0.1, 0.15) is 33.1 Å². The van der Waals surface area contributed by atoms with Gasteiger partial charge in [-0.15, -0.1) is 0 Å². The zero-order valence-corrected chi connectivity index (χ0v) is 13.3. The minimum Gasteiger partial charge on any atom is -0.334 e. The van der Waals surface area contributed by atoms with Gasteiger partial charge in [0.15, 0.2) is 5.82 Å². The average Bonchev–Trinajstić information content (AvgIpc) is 3.19. The van der Waals surface area contributed by atoms with Crippen LogP contribution in [0.2, 0.25) is 0 Å². The quantitative estimate of drug-likeness (QED) is 0.786. The Hall–Kier alpha value is -2.95. The summed E-state index contributed by atoms with van der Waals surface area (Å²) in [7, 11) is 0. The predicted molar refractivity (Wildman–Crippen MR) is 90.5 cm³/mol. The van der Waals surface area contributed by atoms with Crippen LogP contribution in [0.3, 0.4) is 0 Å². The molecule has 0 fully saturated rings. The number of carbonyl (C=O) groups is 1. The van der Waals surface area contributed by atoms with E-state index < -0.39 is 0 Å². The highest BCUT2D eigenvalue weighted by molar-refractivity contribution is 5.98. The third-order valence-corrected chi connectivity index (χ3v) is 4.29. The Balaban J connectivity index is 1.37. The van der Waals surface area contributed by atoms with Crippen molar-refractivity contribution in [1.29, 1.82) is 0 Å². The van der Waals surface area contributed by atoms with Crippen molar-refractivity contribution in [2.24, 2.45) is 0 Å². The molecule has 0 saturated carbocycles. The molecule has 0 bridgehead atoms. The molecule has 0 aliphatic carbocycles. The first-order valence-electron chi connectivity index (χ1n) is 8.11. The number of benzene rings is 2. The van der Waals surface area contributed by atoms with E-state index in [2.05, 4.69) is 27.3 Å². The number of hydrogen-bond acceptors (Lipinski definition) is 3. The number of fused-ring (bicyclic) bond motifs is 1. The first-order chi connectivity index (χ1) is 11.8. The molecule has 0 saturated heterocycles. The maximum atomic E-state index is 12.3. The first kappa shape index (κ1) is 14.6. The van der Waals surface area contributed by atoms with Crippen molar-refractivity contribution >= 4 is 5.91 Å². The van der Waals surface area contributed by atoms with E-state index in [0.29, 0.717) is 19.5 Å². The summed E-state index contributed by atoms with van der Waals surface area (Å²) in [6.45, 7) is 1.31. The number of aromatic nitrogens is 3. The number of aromatic amines is 1. The Morgan fingerprint density at radius 2 is 1.83 bits per heavy atom. The molecule has 1 aromatic heterocycles. The SMILES string of the molecule is O=C1c2ccccc2CN1CCc1n[nH]c(Cc2ccccc2)n1. The molecular weight excluding hydrogens is 300 g/mol. The van der Waals surface area contributed by atoms with E-state index in [9.17, 15) is 4.79 Å². The smallest absolute Gasteiger partial charge is 0.254 e. The molecule has 4 rings (SSSR count). The van der Waals surface area contributed by atoms with E-state index in [1.165, 1.54) is 5.56 Å². The number of nitrogens with zero attached hydrogens (tertiary/aromatic N) is 3. The molecule has 2 heterocycles. The molecule has 0 atom stereocenters. The minimum absolute atomic E-state index is 0.102. The molecule has 0 spiro atoms. The zero-order valence-electron chi connectivity index (χ0n) is 13.3. The summed E-state index contributed by atoms with van der Waals surface area (Å²) in [5.41, 5.74) is 3.12. The van der Waals surface area contributed by atoms with Gasteiger partial charge in [0.1, 0.15) is 5.82 Å². The average molecular weight is 318 g/mol. The van der Waals surface area contributed by atoms with Gasteiger partial charge >= 0.3 is 0 Å². The highest BCUT2D eigenvalue weighted by atomic mass is 16.2. The van der Waals surface area contributed by atoms with Gasteiger partial charge in [-0.1, -0.05) is 48.5 Å². The zero-order chi connectivity index (χ0) is 16.4. The number of rotatable bonds is 5.